The molecule has 1 rings (SSSR count). The van der Waals surface area contributed by atoms with Gasteiger partial charge < -0.3 is 14.4 Å². The Morgan fingerprint density at radius 1 is 1.85 bits per heavy atom. The number of ether oxygens (including phenoxy) is 1. The van der Waals surface area contributed by atoms with Crippen LogP contribution in [-0.4, -0.2) is 27.2 Å². The topological polar surface area (TPSA) is 64.4 Å². The lowest BCUT2D eigenvalue weighted by molar-refractivity contribution is -0.139. The van der Waals surface area contributed by atoms with Crippen LogP contribution < -0.4 is 4.74 Å². The lowest BCUT2D eigenvalue weighted by Crippen LogP contribution is -2.11. The van der Waals surface area contributed by atoms with Gasteiger partial charge in [-0.05, 0) is 6.92 Å². The van der Waals surface area contributed by atoms with E-state index in [-0.39, 0.29) is 5.15 Å². The fourth-order valence-electron chi connectivity index (χ4n) is 0.844. The third-order valence-corrected chi connectivity index (χ3v) is 1.68. The van der Waals surface area contributed by atoms with E-state index >= 15 is 0 Å². The van der Waals surface area contributed by atoms with Gasteiger partial charge in [0, 0.05) is 6.54 Å². The van der Waals surface area contributed by atoms with E-state index in [1.165, 1.54) is 6.33 Å². The van der Waals surface area contributed by atoms with E-state index in [9.17, 15) is 4.79 Å². The first-order valence-electron chi connectivity index (χ1n) is 3.70. The van der Waals surface area contributed by atoms with Gasteiger partial charge in [-0.2, -0.15) is 0 Å². The molecule has 0 saturated carbocycles. The highest BCUT2D eigenvalue weighted by molar-refractivity contribution is 6.30. The fourth-order valence-corrected chi connectivity index (χ4v) is 1.05. The third-order valence-electron chi connectivity index (χ3n) is 1.42. The van der Waals surface area contributed by atoms with E-state index in [0.717, 1.165) is 0 Å². The van der Waals surface area contributed by atoms with Crippen LogP contribution in [0, 0.1) is 0 Å². The van der Waals surface area contributed by atoms with Crippen LogP contribution in [0.5, 0.6) is 5.88 Å². The summed E-state index contributed by atoms with van der Waals surface area (Å²) in [6, 6.07) is 0. The Morgan fingerprint density at radius 2 is 2.54 bits per heavy atom. The summed E-state index contributed by atoms with van der Waals surface area (Å²) in [5.41, 5.74) is 0. The first-order chi connectivity index (χ1) is 6.15. The van der Waals surface area contributed by atoms with Gasteiger partial charge in [0.2, 0.25) is 5.88 Å². The van der Waals surface area contributed by atoms with Crippen molar-refractivity contribution in [1.82, 2.24) is 9.55 Å². The molecule has 0 radical (unpaired) electrons. The normalized spacial score (nSPS) is 10.0. The van der Waals surface area contributed by atoms with Crippen molar-refractivity contribution in [2.45, 2.75) is 13.5 Å². The van der Waals surface area contributed by atoms with Crippen molar-refractivity contribution >= 4 is 17.6 Å². The number of aryl methyl sites for hydroxylation is 1. The molecule has 0 aliphatic carbocycles. The molecule has 1 aromatic rings. The van der Waals surface area contributed by atoms with Crippen molar-refractivity contribution in [2.75, 3.05) is 6.61 Å². The van der Waals surface area contributed by atoms with E-state index in [0.29, 0.717) is 12.4 Å². The number of rotatable bonds is 4. The van der Waals surface area contributed by atoms with Crippen LogP contribution in [-0.2, 0) is 11.3 Å². The summed E-state index contributed by atoms with van der Waals surface area (Å²) in [6.45, 7) is 2.10. The molecule has 5 nitrogen and oxygen atoms in total. The predicted molar refractivity (Wildman–Crippen MR) is 46.0 cm³/mol. The third kappa shape index (κ3) is 2.35. The summed E-state index contributed by atoms with van der Waals surface area (Å²) in [7, 11) is 0. The highest BCUT2D eigenvalue weighted by Gasteiger charge is 2.10. The van der Waals surface area contributed by atoms with Gasteiger partial charge in [-0.15, -0.1) is 0 Å². The van der Waals surface area contributed by atoms with Gasteiger partial charge in [0.05, 0.1) is 6.33 Å². The van der Waals surface area contributed by atoms with Gasteiger partial charge >= 0.3 is 5.97 Å². The maximum absolute atomic E-state index is 10.2. The zero-order chi connectivity index (χ0) is 9.84. The molecule has 13 heavy (non-hydrogen) atoms. The van der Waals surface area contributed by atoms with E-state index in [1.54, 1.807) is 4.57 Å². The molecule has 0 aromatic carbocycles. The van der Waals surface area contributed by atoms with Gasteiger partial charge in [0.1, 0.15) is 0 Å². The number of hydrogen-bond acceptors (Lipinski definition) is 3. The first-order valence-corrected chi connectivity index (χ1v) is 4.08. The van der Waals surface area contributed by atoms with E-state index in [4.69, 9.17) is 21.4 Å². The molecule has 0 bridgehead atoms. The van der Waals surface area contributed by atoms with Gasteiger partial charge in [-0.3, -0.25) is 0 Å². The zero-order valence-corrected chi connectivity index (χ0v) is 7.78. The summed E-state index contributed by atoms with van der Waals surface area (Å²) in [5, 5.41) is 8.55. The largest absolute Gasteiger partial charge is 0.479 e. The van der Waals surface area contributed by atoms with Crippen molar-refractivity contribution in [3.05, 3.63) is 11.5 Å². The van der Waals surface area contributed by atoms with Crippen molar-refractivity contribution in [3.8, 4) is 5.88 Å². The van der Waals surface area contributed by atoms with Crippen LogP contribution >= 0.6 is 11.6 Å². The predicted octanol–water partition coefficient (Wildman–Crippen LogP) is 1.02. The molecule has 0 fully saturated rings. The van der Waals surface area contributed by atoms with Crippen molar-refractivity contribution in [1.29, 1.82) is 0 Å². The summed E-state index contributed by atoms with van der Waals surface area (Å²) < 4.78 is 6.56. The lowest BCUT2D eigenvalue weighted by Gasteiger charge is -2.05. The molecule has 0 saturated heterocycles. The molecule has 0 amide bonds. The molecule has 0 unspecified atom stereocenters. The molecule has 0 atom stereocenters. The van der Waals surface area contributed by atoms with Crippen molar-refractivity contribution in [3.63, 3.8) is 0 Å². The molecule has 0 spiro atoms. The van der Waals surface area contributed by atoms with Crippen LogP contribution in [0.15, 0.2) is 6.33 Å². The maximum atomic E-state index is 10.2. The lowest BCUT2D eigenvalue weighted by atomic mass is 10.6. The van der Waals surface area contributed by atoms with Crippen LogP contribution in [0.3, 0.4) is 0 Å². The van der Waals surface area contributed by atoms with Gasteiger partial charge in [-0.1, -0.05) is 11.6 Å². The second-order valence-corrected chi connectivity index (χ2v) is 2.67. The molecule has 1 N–H and O–H groups in total. The molecule has 0 aliphatic rings. The molecule has 72 valence electrons. The van der Waals surface area contributed by atoms with Crippen LogP contribution in [0.2, 0.25) is 5.15 Å². The monoisotopic (exact) mass is 204 g/mol. The Balaban J connectivity index is 2.73. The Kier molecular flexibility index (Phi) is 3.13. The van der Waals surface area contributed by atoms with E-state index < -0.39 is 12.6 Å². The average molecular weight is 205 g/mol. The highest BCUT2D eigenvalue weighted by atomic mass is 35.5. The standard InChI is InChI=1S/C7H9ClN2O3/c1-2-10-4-9-6(8)7(10)13-3-5(11)12/h4H,2-3H2,1H3,(H,11,12). The van der Waals surface area contributed by atoms with Crippen LogP contribution in [0.25, 0.3) is 0 Å². The number of aromatic nitrogens is 2. The number of nitrogens with zero attached hydrogens (tertiary/aromatic N) is 2. The van der Waals surface area contributed by atoms with E-state index in [1.807, 2.05) is 6.92 Å². The fraction of sp³-hybridized carbons (Fsp3) is 0.429. The zero-order valence-electron chi connectivity index (χ0n) is 7.03. The Morgan fingerprint density at radius 3 is 3.08 bits per heavy atom. The van der Waals surface area contributed by atoms with Crippen LogP contribution in [0.4, 0.5) is 0 Å². The van der Waals surface area contributed by atoms with Gasteiger partial charge in [0.15, 0.2) is 11.8 Å². The number of imidazole rings is 1. The Hall–Kier alpha value is -1.23. The van der Waals surface area contributed by atoms with E-state index in [2.05, 4.69) is 4.98 Å². The first kappa shape index (κ1) is 9.85. The summed E-state index contributed by atoms with van der Waals surface area (Å²) in [5.74, 6) is -0.744. The Labute approximate surface area is 79.9 Å². The number of halogens is 1. The van der Waals surface area contributed by atoms with Crippen molar-refractivity contribution in [2.24, 2.45) is 0 Å². The number of carbonyl (C=O) groups is 1. The van der Waals surface area contributed by atoms with Crippen LogP contribution in [0.1, 0.15) is 6.92 Å². The number of carboxylic acid groups (broad SMARTS) is 1. The SMILES string of the molecule is CCn1cnc(Cl)c1OCC(=O)O. The summed E-state index contributed by atoms with van der Waals surface area (Å²) in [6.07, 6.45) is 1.50. The molecule has 0 aliphatic heterocycles. The second kappa shape index (κ2) is 4.13. The minimum atomic E-state index is -1.04. The highest BCUT2D eigenvalue weighted by Crippen LogP contribution is 2.22. The smallest absolute Gasteiger partial charge is 0.341 e. The van der Waals surface area contributed by atoms with Gasteiger partial charge in [-0.25, -0.2) is 9.78 Å². The second-order valence-electron chi connectivity index (χ2n) is 2.31. The average Bonchev–Trinajstić information content (AvgIpc) is 2.43. The summed E-state index contributed by atoms with van der Waals surface area (Å²) >= 11 is 5.66. The summed E-state index contributed by atoms with van der Waals surface area (Å²) in [4.78, 5) is 14.0. The number of carboxylic acids is 1. The number of hydrogen-bond donors (Lipinski definition) is 1. The maximum Gasteiger partial charge on any atom is 0.341 e. The molecular weight excluding hydrogens is 196 g/mol. The quantitative estimate of drug-likeness (QED) is 0.796. The molecule has 1 heterocycles. The molecule has 6 heteroatoms. The number of aliphatic carboxylic acids is 1. The van der Waals surface area contributed by atoms with Crippen molar-refractivity contribution < 1.29 is 14.6 Å². The minimum Gasteiger partial charge on any atom is -0.479 e. The molecule has 1 aromatic heterocycles. The molecular formula is C7H9ClN2O3. The minimum absolute atomic E-state index is 0.183. The Bertz CT molecular complexity index is 311. The van der Waals surface area contributed by atoms with Gasteiger partial charge in [0.25, 0.3) is 0 Å².